The normalized spacial score (nSPS) is 11.8. The fraction of sp³-hybridized carbons (Fsp3) is 0.385. The lowest BCUT2D eigenvalue weighted by Crippen LogP contribution is -2.29. The number of rotatable bonds is 13. The van der Waals surface area contributed by atoms with Gasteiger partial charge in [0.2, 0.25) is 0 Å². The lowest BCUT2D eigenvalue weighted by atomic mass is 10.1. The van der Waals surface area contributed by atoms with Crippen molar-refractivity contribution in [3.05, 3.63) is 54.2 Å². The van der Waals surface area contributed by atoms with E-state index in [1.165, 1.54) is 0 Å². The Kier molecular flexibility index (Phi) is 9.63. The third kappa shape index (κ3) is 6.90. The number of ether oxygens (including phenoxy) is 4. The summed E-state index contributed by atoms with van der Waals surface area (Å²) in [4.78, 5) is 9.65. The fourth-order valence-electron chi connectivity index (χ4n) is 3.51. The maximum Gasteiger partial charge on any atom is 0.161 e. The van der Waals surface area contributed by atoms with E-state index in [-0.39, 0.29) is 6.61 Å². The van der Waals surface area contributed by atoms with Crippen LogP contribution in [0.25, 0.3) is 22.6 Å². The van der Waals surface area contributed by atoms with Gasteiger partial charge in [-0.05, 0) is 56.3 Å². The first-order chi connectivity index (χ1) is 16.6. The number of nitrogens with one attached hydrogen (secondary N) is 1. The van der Waals surface area contributed by atoms with Crippen molar-refractivity contribution in [2.45, 2.75) is 18.9 Å². The average molecular weight is 468 g/mol. The Morgan fingerprint density at radius 3 is 2.50 bits per heavy atom. The van der Waals surface area contributed by atoms with Crippen LogP contribution in [0, 0.1) is 0 Å². The number of nitrogens with zero attached hydrogens (tertiary/aromatic N) is 2. The summed E-state index contributed by atoms with van der Waals surface area (Å²) < 4.78 is 21.8. The molecule has 3 aromatic rings. The van der Waals surface area contributed by atoms with Crippen molar-refractivity contribution in [3.63, 3.8) is 0 Å². The van der Waals surface area contributed by atoms with Crippen molar-refractivity contribution in [2.24, 2.45) is 0 Å². The van der Waals surface area contributed by atoms with E-state index in [1.807, 2.05) is 48.5 Å². The lowest BCUT2D eigenvalue weighted by molar-refractivity contribution is 0.108. The minimum Gasteiger partial charge on any atom is -0.493 e. The molecule has 0 radical (unpaired) electrons. The molecule has 0 saturated heterocycles. The van der Waals surface area contributed by atoms with Gasteiger partial charge < -0.3 is 29.4 Å². The number of aliphatic hydroxyl groups excluding tert-OH is 1. The van der Waals surface area contributed by atoms with Crippen LogP contribution in [0.5, 0.6) is 17.2 Å². The molecule has 3 rings (SSSR count). The molecule has 0 aliphatic heterocycles. The summed E-state index contributed by atoms with van der Waals surface area (Å²) in [5.74, 6) is 2.54. The second-order valence-electron chi connectivity index (χ2n) is 7.78. The SMILES string of the molecule is CNCC(O)COc1cccc(-c2nc(CCCOC)cc(-c3ccc(OC)c(OC)c3)n2)c1. The standard InChI is InChI=1S/C26H33N3O5/c1-27-16-21(30)17-34-22-9-5-7-19(13-22)26-28-20(8-6-12-31-2)15-23(29-26)18-10-11-24(32-3)25(14-18)33-4/h5,7,9-11,13-15,21,27,30H,6,8,12,16-17H2,1-4H3. The van der Waals surface area contributed by atoms with E-state index in [9.17, 15) is 5.11 Å². The van der Waals surface area contributed by atoms with Crippen molar-refractivity contribution < 1.29 is 24.1 Å². The van der Waals surface area contributed by atoms with Crippen LogP contribution >= 0.6 is 0 Å². The van der Waals surface area contributed by atoms with E-state index >= 15 is 0 Å². The Balaban J connectivity index is 1.95. The van der Waals surface area contributed by atoms with Gasteiger partial charge in [0.05, 0.1) is 19.9 Å². The zero-order valence-electron chi connectivity index (χ0n) is 20.2. The third-order valence-corrected chi connectivity index (χ3v) is 5.21. The Morgan fingerprint density at radius 1 is 0.941 bits per heavy atom. The number of aliphatic hydroxyl groups is 1. The molecule has 8 heteroatoms. The molecule has 34 heavy (non-hydrogen) atoms. The highest BCUT2D eigenvalue weighted by molar-refractivity contribution is 5.67. The van der Waals surface area contributed by atoms with Gasteiger partial charge in [-0.15, -0.1) is 0 Å². The van der Waals surface area contributed by atoms with Gasteiger partial charge in [0.15, 0.2) is 17.3 Å². The Hall–Kier alpha value is -3.20. The van der Waals surface area contributed by atoms with E-state index in [2.05, 4.69) is 5.32 Å². The number of hydrogen-bond donors (Lipinski definition) is 2. The molecule has 0 saturated carbocycles. The Bertz CT molecular complexity index is 1060. The van der Waals surface area contributed by atoms with Crippen molar-refractivity contribution in [1.82, 2.24) is 15.3 Å². The van der Waals surface area contributed by atoms with Crippen LogP contribution in [0.3, 0.4) is 0 Å². The molecule has 0 spiro atoms. The van der Waals surface area contributed by atoms with Crippen molar-refractivity contribution in [2.75, 3.05) is 48.1 Å². The van der Waals surface area contributed by atoms with Gasteiger partial charge in [-0.25, -0.2) is 9.97 Å². The van der Waals surface area contributed by atoms with E-state index in [4.69, 9.17) is 28.9 Å². The first kappa shape index (κ1) is 25.4. The van der Waals surface area contributed by atoms with Gasteiger partial charge in [0.25, 0.3) is 0 Å². The van der Waals surface area contributed by atoms with Gasteiger partial charge in [0.1, 0.15) is 18.5 Å². The predicted molar refractivity (Wildman–Crippen MR) is 132 cm³/mol. The predicted octanol–water partition coefficient (Wildman–Crippen LogP) is 3.37. The monoisotopic (exact) mass is 467 g/mol. The summed E-state index contributed by atoms with van der Waals surface area (Å²) in [7, 11) is 6.71. The van der Waals surface area contributed by atoms with E-state index in [0.717, 1.165) is 35.4 Å². The summed E-state index contributed by atoms with van der Waals surface area (Å²) in [6.45, 7) is 1.31. The van der Waals surface area contributed by atoms with Crippen LogP contribution in [-0.4, -0.2) is 69.3 Å². The number of likely N-dealkylation sites (N-methyl/N-ethyl adjacent to an activating group) is 1. The quantitative estimate of drug-likeness (QED) is 0.370. The lowest BCUT2D eigenvalue weighted by Gasteiger charge is -2.13. The third-order valence-electron chi connectivity index (χ3n) is 5.21. The van der Waals surface area contributed by atoms with Gasteiger partial charge in [-0.3, -0.25) is 0 Å². The molecule has 1 heterocycles. The Morgan fingerprint density at radius 2 is 1.76 bits per heavy atom. The molecular formula is C26H33N3O5. The maximum atomic E-state index is 9.94. The largest absolute Gasteiger partial charge is 0.493 e. The van der Waals surface area contributed by atoms with E-state index in [0.29, 0.717) is 36.2 Å². The van der Waals surface area contributed by atoms with Gasteiger partial charge in [-0.2, -0.15) is 0 Å². The van der Waals surface area contributed by atoms with Crippen molar-refractivity contribution >= 4 is 0 Å². The smallest absolute Gasteiger partial charge is 0.161 e. The average Bonchev–Trinajstić information content (AvgIpc) is 2.87. The molecule has 1 aromatic heterocycles. The van der Waals surface area contributed by atoms with Crippen molar-refractivity contribution in [3.8, 4) is 39.9 Å². The molecule has 0 bridgehead atoms. The second kappa shape index (κ2) is 12.9. The minimum atomic E-state index is -0.592. The first-order valence-corrected chi connectivity index (χ1v) is 11.2. The summed E-state index contributed by atoms with van der Waals surface area (Å²) in [5, 5.41) is 12.9. The van der Waals surface area contributed by atoms with Gasteiger partial charge >= 0.3 is 0 Å². The molecule has 2 N–H and O–H groups in total. The van der Waals surface area contributed by atoms with Crippen LogP contribution in [0.2, 0.25) is 0 Å². The van der Waals surface area contributed by atoms with E-state index in [1.54, 1.807) is 28.4 Å². The van der Waals surface area contributed by atoms with Crippen LogP contribution in [0.4, 0.5) is 0 Å². The molecule has 0 aliphatic rings. The van der Waals surface area contributed by atoms with E-state index < -0.39 is 6.10 Å². The number of aryl methyl sites for hydroxylation is 1. The van der Waals surface area contributed by atoms with Crippen LogP contribution in [-0.2, 0) is 11.2 Å². The number of aromatic nitrogens is 2. The van der Waals surface area contributed by atoms with Crippen LogP contribution in [0.15, 0.2) is 48.5 Å². The summed E-state index contributed by atoms with van der Waals surface area (Å²) in [6.07, 6.45) is 1.02. The van der Waals surface area contributed by atoms with Gasteiger partial charge in [-0.1, -0.05) is 12.1 Å². The fourth-order valence-corrected chi connectivity index (χ4v) is 3.51. The molecule has 1 unspecified atom stereocenters. The van der Waals surface area contributed by atoms with Crippen molar-refractivity contribution in [1.29, 1.82) is 0 Å². The minimum absolute atomic E-state index is 0.194. The molecular weight excluding hydrogens is 434 g/mol. The molecule has 182 valence electrons. The van der Waals surface area contributed by atoms with Crippen LogP contribution in [0.1, 0.15) is 12.1 Å². The molecule has 0 aliphatic carbocycles. The molecule has 2 aromatic carbocycles. The highest BCUT2D eigenvalue weighted by atomic mass is 16.5. The summed E-state index contributed by atoms with van der Waals surface area (Å²) in [6, 6.07) is 15.3. The Labute approximate surface area is 200 Å². The maximum absolute atomic E-state index is 9.94. The zero-order valence-corrected chi connectivity index (χ0v) is 20.2. The molecule has 0 amide bonds. The first-order valence-electron chi connectivity index (χ1n) is 11.2. The second-order valence-corrected chi connectivity index (χ2v) is 7.78. The van der Waals surface area contributed by atoms with Gasteiger partial charge in [0, 0.05) is 37.1 Å². The molecule has 1 atom stereocenters. The molecule has 0 fully saturated rings. The highest BCUT2D eigenvalue weighted by Gasteiger charge is 2.13. The van der Waals surface area contributed by atoms with Crippen LogP contribution < -0.4 is 19.5 Å². The molecule has 8 nitrogen and oxygen atoms in total. The summed E-state index contributed by atoms with van der Waals surface area (Å²) in [5.41, 5.74) is 3.43. The number of methoxy groups -OCH3 is 3. The number of benzene rings is 2. The summed E-state index contributed by atoms with van der Waals surface area (Å²) >= 11 is 0. The topological polar surface area (TPSA) is 95.0 Å². The zero-order chi connectivity index (χ0) is 24.3. The number of hydrogen-bond acceptors (Lipinski definition) is 8. The highest BCUT2D eigenvalue weighted by Crippen LogP contribution is 2.33.